The molecule has 284 valence electrons. The molecule has 1 heterocycles. The first-order valence-electron chi connectivity index (χ1n) is 16.0. The van der Waals surface area contributed by atoms with Crippen LogP contribution in [0.15, 0.2) is 72.8 Å². The Labute approximate surface area is 319 Å². The number of aromatic carboxylic acids is 2. The Balaban J connectivity index is 0.000000238. The quantitative estimate of drug-likeness (QED) is 0.0859. The van der Waals surface area contributed by atoms with Crippen molar-refractivity contribution in [1.29, 1.82) is 0 Å². The summed E-state index contributed by atoms with van der Waals surface area (Å²) in [6.07, 6.45) is 0.435. The van der Waals surface area contributed by atoms with Crippen LogP contribution in [0.2, 0.25) is 10.0 Å². The summed E-state index contributed by atoms with van der Waals surface area (Å²) in [5, 5.41) is 17.7. The van der Waals surface area contributed by atoms with Gasteiger partial charge in [-0.05, 0) is 73.5 Å². The van der Waals surface area contributed by atoms with Gasteiger partial charge in [-0.3, -0.25) is 19.2 Å². The first kappa shape index (κ1) is 42.3. The fourth-order valence-corrected chi connectivity index (χ4v) is 5.48. The van der Waals surface area contributed by atoms with Crippen molar-refractivity contribution in [3.63, 3.8) is 0 Å². The maximum absolute atomic E-state index is 12.8. The third kappa shape index (κ3) is 10.5. The van der Waals surface area contributed by atoms with Gasteiger partial charge in [0, 0.05) is 5.69 Å². The van der Waals surface area contributed by atoms with Crippen molar-refractivity contribution >= 4 is 70.3 Å². The number of methoxy groups -OCH3 is 2. The lowest BCUT2D eigenvalue weighted by atomic mass is 10.1. The number of imide groups is 1. The zero-order valence-electron chi connectivity index (χ0n) is 29.5. The molecule has 4 aromatic carbocycles. The highest BCUT2D eigenvalue weighted by molar-refractivity contribution is 6.42. The van der Waals surface area contributed by atoms with E-state index in [9.17, 15) is 28.8 Å². The molecule has 1 aliphatic rings. The number of nitrogens with zero attached hydrogens (tertiary/aromatic N) is 1. The first-order valence-corrected chi connectivity index (χ1v) is 16.8. The minimum atomic E-state index is -1.41. The van der Waals surface area contributed by atoms with E-state index < -0.39 is 34.9 Å². The molecular formula is C38H36Cl2N2O12. The molecule has 2 amide bonds. The Morgan fingerprint density at radius 1 is 0.630 bits per heavy atom. The lowest BCUT2D eigenvalue weighted by Gasteiger charge is -2.14. The molecule has 0 unspecified atom stereocenters. The van der Waals surface area contributed by atoms with Gasteiger partial charge in [0.2, 0.25) is 0 Å². The van der Waals surface area contributed by atoms with Gasteiger partial charge in [0.1, 0.15) is 17.1 Å². The van der Waals surface area contributed by atoms with E-state index >= 15 is 0 Å². The van der Waals surface area contributed by atoms with Crippen LogP contribution in [0.5, 0.6) is 11.5 Å². The van der Waals surface area contributed by atoms with E-state index in [4.69, 9.17) is 58.1 Å². The number of nitrogen functional groups attached to an aromatic ring is 1. The largest absolute Gasteiger partial charge is 0.496 e. The second-order valence-electron chi connectivity index (χ2n) is 10.9. The van der Waals surface area contributed by atoms with Crippen molar-refractivity contribution in [2.24, 2.45) is 0 Å². The molecule has 0 bridgehead atoms. The summed E-state index contributed by atoms with van der Waals surface area (Å²) in [4.78, 5) is 70.8. The lowest BCUT2D eigenvalue weighted by molar-refractivity contribution is -0.143. The Hall–Kier alpha value is -6.12. The number of carbonyl (C=O) groups is 6. The van der Waals surface area contributed by atoms with Crippen LogP contribution in [0.25, 0.3) is 0 Å². The maximum atomic E-state index is 12.8. The van der Waals surface area contributed by atoms with Crippen molar-refractivity contribution in [1.82, 2.24) is 0 Å². The Bertz CT molecular complexity index is 2030. The molecule has 4 aromatic rings. The monoisotopic (exact) mass is 782 g/mol. The predicted molar refractivity (Wildman–Crippen MR) is 199 cm³/mol. The van der Waals surface area contributed by atoms with Gasteiger partial charge in [0.15, 0.2) is 0 Å². The van der Waals surface area contributed by atoms with E-state index in [0.29, 0.717) is 36.8 Å². The van der Waals surface area contributed by atoms with Gasteiger partial charge in [-0.15, -0.1) is 0 Å². The summed E-state index contributed by atoms with van der Waals surface area (Å²) in [7, 11) is 2.68. The summed E-state index contributed by atoms with van der Waals surface area (Å²) in [5.41, 5.74) is 7.61. The summed E-state index contributed by atoms with van der Waals surface area (Å²) < 4.78 is 19.7. The fourth-order valence-electron chi connectivity index (χ4n) is 5.01. The van der Waals surface area contributed by atoms with Gasteiger partial charge in [-0.1, -0.05) is 47.5 Å². The standard InChI is InChI=1S/C19H16ClNO5.C10H13NO2.C9H7ClO5/c1-3-26-15(22)10-11-4-6-12(7-5-11)21-18(23)16-13(20)8-9-14(25-2)17(16)19(21)24;1-2-13-10(12)7-8-3-5-9(11)6-4-8;1-15-5-3-2-4(10)6(8(11)12)7(5)9(13)14/h4-9H,3,10H2,1-2H3;3-6H,2,7,11H2,1H3;2-3H,1H3,(H,11,12)(H,13,14). The average Bonchev–Trinajstić information content (AvgIpc) is 3.40. The van der Waals surface area contributed by atoms with E-state index in [1.165, 1.54) is 32.4 Å². The summed E-state index contributed by atoms with van der Waals surface area (Å²) in [5.74, 6) is -4.09. The minimum Gasteiger partial charge on any atom is -0.496 e. The molecule has 0 saturated carbocycles. The molecule has 0 atom stereocenters. The van der Waals surface area contributed by atoms with Gasteiger partial charge >= 0.3 is 23.9 Å². The van der Waals surface area contributed by atoms with Crippen LogP contribution in [-0.2, 0) is 31.9 Å². The number of halogens is 2. The SMILES string of the molecule is CCOC(=O)Cc1ccc(N)cc1.CCOC(=O)Cc1ccc(N2C(=O)c3c(Cl)ccc(OC)c3C2=O)cc1.COc1ccc(Cl)c(C(=O)O)c1C(=O)O. The highest BCUT2D eigenvalue weighted by Gasteiger charge is 2.41. The maximum Gasteiger partial charge on any atom is 0.340 e. The molecule has 16 heteroatoms. The molecule has 0 saturated heterocycles. The molecule has 5 rings (SSSR count). The van der Waals surface area contributed by atoms with Crippen molar-refractivity contribution < 1.29 is 57.9 Å². The smallest absolute Gasteiger partial charge is 0.340 e. The second-order valence-corrected chi connectivity index (χ2v) is 11.7. The third-order valence-corrected chi connectivity index (χ3v) is 8.05. The van der Waals surface area contributed by atoms with Crippen molar-refractivity contribution in [3.8, 4) is 11.5 Å². The fraction of sp³-hybridized carbons (Fsp3) is 0.211. The molecular weight excluding hydrogens is 747 g/mol. The number of ether oxygens (including phenoxy) is 4. The molecule has 0 radical (unpaired) electrons. The molecule has 0 fully saturated rings. The number of nitrogens with two attached hydrogens (primary N) is 1. The van der Waals surface area contributed by atoms with Crippen LogP contribution < -0.4 is 20.1 Å². The topological polar surface area (TPSA) is 209 Å². The number of benzene rings is 4. The molecule has 0 aromatic heterocycles. The van der Waals surface area contributed by atoms with E-state index in [0.717, 1.165) is 16.0 Å². The van der Waals surface area contributed by atoms with E-state index in [-0.39, 0.29) is 45.3 Å². The third-order valence-electron chi connectivity index (χ3n) is 7.42. The van der Waals surface area contributed by atoms with E-state index in [2.05, 4.69) is 0 Å². The van der Waals surface area contributed by atoms with Gasteiger partial charge in [-0.25, -0.2) is 14.5 Å². The van der Waals surface area contributed by atoms with Crippen LogP contribution >= 0.6 is 23.2 Å². The highest BCUT2D eigenvalue weighted by Crippen LogP contribution is 2.38. The van der Waals surface area contributed by atoms with Crippen LogP contribution in [0.3, 0.4) is 0 Å². The number of amides is 2. The minimum absolute atomic E-state index is 0.0377. The van der Waals surface area contributed by atoms with Gasteiger partial charge in [-0.2, -0.15) is 0 Å². The van der Waals surface area contributed by atoms with Gasteiger partial charge < -0.3 is 34.9 Å². The van der Waals surface area contributed by atoms with E-state index in [1.807, 2.05) is 12.1 Å². The van der Waals surface area contributed by atoms with Gasteiger partial charge in [0.05, 0.1) is 72.7 Å². The summed E-state index contributed by atoms with van der Waals surface area (Å²) >= 11 is 11.7. The van der Waals surface area contributed by atoms with Crippen molar-refractivity contribution in [2.45, 2.75) is 26.7 Å². The second kappa shape index (κ2) is 19.6. The number of anilines is 2. The predicted octanol–water partition coefficient (Wildman–Crippen LogP) is 6.37. The Morgan fingerprint density at radius 3 is 1.54 bits per heavy atom. The van der Waals surface area contributed by atoms with E-state index in [1.54, 1.807) is 56.3 Å². The number of rotatable bonds is 11. The Kier molecular flexibility index (Phi) is 15.4. The van der Waals surface area contributed by atoms with Crippen molar-refractivity contribution in [3.05, 3.63) is 116 Å². The first-order chi connectivity index (χ1) is 25.7. The highest BCUT2D eigenvalue weighted by atomic mass is 35.5. The van der Waals surface area contributed by atoms with Gasteiger partial charge in [0.25, 0.3) is 11.8 Å². The number of hydrogen-bond acceptors (Lipinski definition) is 11. The molecule has 14 nitrogen and oxygen atoms in total. The van der Waals surface area contributed by atoms with Crippen LogP contribution in [-0.4, -0.2) is 73.3 Å². The molecule has 54 heavy (non-hydrogen) atoms. The number of fused-ring (bicyclic) bond motifs is 1. The normalized spacial score (nSPS) is 11.3. The lowest BCUT2D eigenvalue weighted by Crippen LogP contribution is -2.29. The number of esters is 2. The molecule has 1 aliphatic heterocycles. The van der Waals surface area contributed by atoms with Crippen molar-refractivity contribution in [2.75, 3.05) is 38.1 Å². The zero-order valence-corrected chi connectivity index (χ0v) is 31.0. The number of hydrogen-bond donors (Lipinski definition) is 3. The van der Waals surface area contributed by atoms with Crippen LogP contribution in [0, 0.1) is 0 Å². The molecule has 0 spiro atoms. The summed E-state index contributed by atoms with van der Waals surface area (Å²) in [6.45, 7) is 4.27. The molecule has 0 aliphatic carbocycles. The zero-order chi connectivity index (χ0) is 40.1. The Morgan fingerprint density at radius 2 is 1.07 bits per heavy atom. The number of carboxylic acid groups (broad SMARTS) is 2. The van der Waals surface area contributed by atoms with Crippen LogP contribution in [0.4, 0.5) is 11.4 Å². The number of carbonyl (C=O) groups excluding carboxylic acids is 4. The average molecular weight is 784 g/mol. The summed E-state index contributed by atoms with van der Waals surface area (Å²) in [6, 6.07) is 19.4. The number of carboxylic acids is 2. The molecule has 4 N–H and O–H groups in total. The van der Waals surface area contributed by atoms with Crippen LogP contribution in [0.1, 0.15) is 66.4 Å².